The van der Waals surface area contributed by atoms with Crippen molar-refractivity contribution in [1.29, 1.82) is 0 Å². The first kappa shape index (κ1) is 17.5. The van der Waals surface area contributed by atoms with Gasteiger partial charge in [-0.15, -0.1) is 0 Å². The molecular weight excluding hydrogens is 321 g/mol. The highest BCUT2D eigenvalue weighted by Gasteiger charge is 2.36. The normalized spacial score (nSPS) is 11.0. The van der Waals surface area contributed by atoms with E-state index < -0.39 is 34.7 Å². The Morgan fingerprint density at radius 1 is 0.833 bits per heavy atom. The van der Waals surface area contributed by atoms with Gasteiger partial charge in [-0.2, -0.15) is 0 Å². The van der Waals surface area contributed by atoms with Crippen molar-refractivity contribution in [3.05, 3.63) is 59.9 Å². The molecule has 7 heteroatoms. The molecule has 2 amide bonds. The minimum atomic E-state index is -1.58. The summed E-state index contributed by atoms with van der Waals surface area (Å²) in [5.41, 5.74) is -1.63. The summed E-state index contributed by atoms with van der Waals surface area (Å²) in [4.78, 5) is 24.5. The van der Waals surface area contributed by atoms with Crippen LogP contribution in [0.15, 0.2) is 42.5 Å². The maximum atomic E-state index is 13.6. The summed E-state index contributed by atoms with van der Waals surface area (Å²) >= 11 is 0. The van der Waals surface area contributed by atoms with E-state index in [1.807, 2.05) is 0 Å². The van der Waals surface area contributed by atoms with E-state index in [0.717, 1.165) is 12.1 Å². The van der Waals surface area contributed by atoms with Gasteiger partial charge in [-0.1, -0.05) is 12.1 Å². The molecule has 2 N–H and O–H groups in total. The predicted octanol–water partition coefficient (Wildman–Crippen LogP) is 3.71. The van der Waals surface area contributed by atoms with Gasteiger partial charge in [0.1, 0.15) is 11.2 Å². The van der Waals surface area contributed by atoms with Crippen LogP contribution >= 0.6 is 0 Å². The van der Waals surface area contributed by atoms with E-state index in [4.69, 9.17) is 0 Å². The number of nitrogens with one attached hydrogen (secondary N) is 2. The second-order valence-corrected chi connectivity index (χ2v) is 5.64. The molecular formula is C17H15F3N2O2. The molecule has 0 aliphatic carbocycles. The second-order valence-electron chi connectivity index (χ2n) is 5.64. The molecule has 4 nitrogen and oxygen atoms in total. The molecule has 0 unspecified atom stereocenters. The molecule has 2 rings (SSSR count). The van der Waals surface area contributed by atoms with Gasteiger partial charge in [-0.25, -0.2) is 13.2 Å². The number of anilines is 2. The summed E-state index contributed by atoms with van der Waals surface area (Å²) in [7, 11) is 0. The highest BCUT2D eigenvalue weighted by molar-refractivity contribution is 6.14. The van der Waals surface area contributed by atoms with Crippen LogP contribution in [0.3, 0.4) is 0 Å². The molecule has 0 radical (unpaired) electrons. The molecule has 0 saturated carbocycles. The van der Waals surface area contributed by atoms with Gasteiger partial charge < -0.3 is 10.6 Å². The molecule has 24 heavy (non-hydrogen) atoms. The van der Waals surface area contributed by atoms with Crippen LogP contribution in [-0.2, 0) is 9.59 Å². The standard InChI is InChI=1S/C17H15F3N2O2/c1-17(2,16(24)22-14-6-4-3-5-12(14)19)15(23)21-10-7-8-11(18)13(20)9-10/h3-9H,1-2H3,(H,21,23)(H,22,24). The van der Waals surface area contributed by atoms with Crippen LogP contribution in [0.1, 0.15) is 13.8 Å². The molecule has 0 aliphatic rings. The molecule has 0 fully saturated rings. The van der Waals surface area contributed by atoms with E-state index in [2.05, 4.69) is 10.6 Å². The van der Waals surface area contributed by atoms with Crippen LogP contribution in [0.2, 0.25) is 0 Å². The lowest BCUT2D eigenvalue weighted by Gasteiger charge is -2.23. The number of amides is 2. The number of carbonyl (C=O) groups is 2. The molecule has 0 bridgehead atoms. The van der Waals surface area contributed by atoms with Crippen LogP contribution in [0.25, 0.3) is 0 Å². The summed E-state index contributed by atoms with van der Waals surface area (Å²) < 4.78 is 39.6. The van der Waals surface area contributed by atoms with E-state index in [1.54, 1.807) is 0 Å². The van der Waals surface area contributed by atoms with Gasteiger partial charge in [0.05, 0.1) is 5.69 Å². The fraction of sp³-hybridized carbons (Fsp3) is 0.176. The Morgan fingerprint density at radius 3 is 2.08 bits per heavy atom. The van der Waals surface area contributed by atoms with Crippen LogP contribution in [-0.4, -0.2) is 11.8 Å². The first-order chi connectivity index (χ1) is 11.2. The van der Waals surface area contributed by atoms with E-state index in [-0.39, 0.29) is 11.4 Å². The maximum Gasteiger partial charge on any atom is 0.239 e. The Kier molecular flexibility index (Phi) is 4.92. The van der Waals surface area contributed by atoms with Crippen LogP contribution < -0.4 is 10.6 Å². The van der Waals surface area contributed by atoms with Crippen LogP contribution in [0.4, 0.5) is 24.5 Å². The first-order valence-electron chi connectivity index (χ1n) is 7.04. The number of carbonyl (C=O) groups excluding carboxylic acids is 2. The van der Waals surface area contributed by atoms with Crippen molar-refractivity contribution in [2.75, 3.05) is 10.6 Å². The third kappa shape index (κ3) is 3.73. The summed E-state index contributed by atoms with van der Waals surface area (Å²) in [5, 5.41) is 4.66. The summed E-state index contributed by atoms with van der Waals surface area (Å²) in [5.74, 6) is -4.30. The zero-order valence-corrected chi connectivity index (χ0v) is 13.0. The van der Waals surface area contributed by atoms with Crippen molar-refractivity contribution in [2.24, 2.45) is 5.41 Å². The third-order valence-electron chi connectivity index (χ3n) is 3.43. The zero-order valence-electron chi connectivity index (χ0n) is 13.0. The molecule has 0 aromatic heterocycles. The van der Waals surface area contributed by atoms with Crippen molar-refractivity contribution in [1.82, 2.24) is 0 Å². The van der Waals surface area contributed by atoms with E-state index in [0.29, 0.717) is 0 Å². The minimum Gasteiger partial charge on any atom is -0.325 e. The van der Waals surface area contributed by atoms with Crippen molar-refractivity contribution in [2.45, 2.75) is 13.8 Å². The van der Waals surface area contributed by atoms with Gasteiger partial charge in [0.2, 0.25) is 11.8 Å². The van der Waals surface area contributed by atoms with Gasteiger partial charge >= 0.3 is 0 Å². The monoisotopic (exact) mass is 336 g/mol. The summed E-state index contributed by atoms with van der Waals surface area (Å²) in [6.45, 7) is 2.66. The topological polar surface area (TPSA) is 58.2 Å². The van der Waals surface area contributed by atoms with Crippen LogP contribution in [0.5, 0.6) is 0 Å². The first-order valence-corrected chi connectivity index (χ1v) is 7.04. The highest BCUT2D eigenvalue weighted by Crippen LogP contribution is 2.23. The quantitative estimate of drug-likeness (QED) is 0.836. The maximum absolute atomic E-state index is 13.6. The number of hydrogen-bond donors (Lipinski definition) is 2. The lowest BCUT2D eigenvalue weighted by atomic mass is 9.90. The minimum absolute atomic E-state index is 0.00525. The Labute approximate surface area is 136 Å². The number of para-hydroxylation sites is 1. The number of halogens is 3. The number of hydrogen-bond acceptors (Lipinski definition) is 2. The highest BCUT2D eigenvalue weighted by atomic mass is 19.2. The van der Waals surface area contributed by atoms with Crippen molar-refractivity contribution in [3.63, 3.8) is 0 Å². The zero-order chi connectivity index (χ0) is 17.9. The van der Waals surface area contributed by atoms with Crippen molar-refractivity contribution in [3.8, 4) is 0 Å². The molecule has 0 atom stereocenters. The second kappa shape index (κ2) is 6.74. The third-order valence-corrected chi connectivity index (χ3v) is 3.43. The van der Waals surface area contributed by atoms with E-state index in [1.165, 1.54) is 44.2 Å². The van der Waals surface area contributed by atoms with Gasteiger partial charge in [0.15, 0.2) is 11.6 Å². The van der Waals surface area contributed by atoms with E-state index >= 15 is 0 Å². The molecule has 2 aromatic carbocycles. The average Bonchev–Trinajstić information content (AvgIpc) is 2.53. The lowest BCUT2D eigenvalue weighted by molar-refractivity contribution is -0.135. The average molecular weight is 336 g/mol. The van der Waals surface area contributed by atoms with Gasteiger partial charge in [0.25, 0.3) is 0 Å². The van der Waals surface area contributed by atoms with E-state index in [9.17, 15) is 22.8 Å². The smallest absolute Gasteiger partial charge is 0.239 e. The molecule has 0 heterocycles. The van der Waals surface area contributed by atoms with Crippen molar-refractivity contribution < 1.29 is 22.8 Å². The Hall–Kier alpha value is -2.83. The van der Waals surface area contributed by atoms with Crippen LogP contribution in [0, 0.1) is 22.9 Å². The molecule has 0 saturated heterocycles. The van der Waals surface area contributed by atoms with Gasteiger partial charge in [-0.05, 0) is 38.1 Å². The fourth-order valence-electron chi connectivity index (χ4n) is 1.81. The molecule has 0 spiro atoms. The number of rotatable bonds is 4. The van der Waals surface area contributed by atoms with Gasteiger partial charge in [-0.3, -0.25) is 9.59 Å². The Morgan fingerprint density at radius 2 is 1.46 bits per heavy atom. The Balaban J connectivity index is 2.13. The SMILES string of the molecule is CC(C)(C(=O)Nc1ccc(F)c(F)c1)C(=O)Nc1ccccc1F. The summed E-state index contributed by atoms with van der Waals surface area (Å²) in [6, 6.07) is 8.36. The fourth-order valence-corrected chi connectivity index (χ4v) is 1.81. The molecule has 2 aromatic rings. The largest absolute Gasteiger partial charge is 0.325 e. The summed E-state index contributed by atoms with van der Waals surface area (Å²) in [6.07, 6.45) is 0. The molecule has 0 aliphatic heterocycles. The lowest BCUT2D eigenvalue weighted by Crippen LogP contribution is -2.41. The van der Waals surface area contributed by atoms with Gasteiger partial charge in [0, 0.05) is 11.8 Å². The predicted molar refractivity (Wildman–Crippen MR) is 83.8 cm³/mol. The number of benzene rings is 2. The Bertz CT molecular complexity index is 791. The van der Waals surface area contributed by atoms with Crippen molar-refractivity contribution >= 4 is 23.2 Å². The molecule has 126 valence electrons.